The molecule has 2 N–H and O–H groups in total. The number of hydrogen-bond acceptors (Lipinski definition) is 2. The summed E-state index contributed by atoms with van der Waals surface area (Å²) < 4.78 is 0. The van der Waals surface area contributed by atoms with Crippen molar-refractivity contribution in [1.82, 2.24) is 9.88 Å². The number of nitrogens with one attached hydrogen (secondary N) is 2. The number of hydrogen-bond donors (Lipinski definition) is 2. The van der Waals surface area contributed by atoms with E-state index in [4.69, 9.17) is 6.57 Å². The maximum absolute atomic E-state index is 12.8. The number of benzene rings is 1. The lowest BCUT2D eigenvalue weighted by molar-refractivity contribution is -0.135. The summed E-state index contributed by atoms with van der Waals surface area (Å²) in [5, 5.41) is 3.98. The highest BCUT2D eigenvalue weighted by Gasteiger charge is 2.35. The Hall–Kier alpha value is -2.46. The van der Waals surface area contributed by atoms with Crippen LogP contribution < -0.4 is 5.32 Å². The molecule has 0 aliphatic carbocycles. The molecule has 0 unspecified atom stereocenters. The predicted octanol–water partition coefficient (Wildman–Crippen LogP) is 5.09. The van der Waals surface area contributed by atoms with Gasteiger partial charge in [-0.25, -0.2) is 6.57 Å². The van der Waals surface area contributed by atoms with E-state index < -0.39 is 0 Å². The molecule has 0 saturated carbocycles. The van der Waals surface area contributed by atoms with Crippen LogP contribution in [0.3, 0.4) is 0 Å². The zero-order valence-corrected chi connectivity index (χ0v) is 18.1. The molecule has 0 bridgehead atoms. The molecule has 3 rings (SSSR count). The van der Waals surface area contributed by atoms with Gasteiger partial charge in [0.1, 0.15) is 0 Å². The summed E-state index contributed by atoms with van der Waals surface area (Å²) in [7, 11) is 0. The molecule has 0 spiro atoms. The molecule has 2 heterocycles. The first-order chi connectivity index (χ1) is 13.5. The van der Waals surface area contributed by atoms with Crippen molar-refractivity contribution in [1.29, 1.82) is 0 Å². The van der Waals surface area contributed by atoms with Crippen LogP contribution in [-0.4, -0.2) is 34.4 Å². The summed E-state index contributed by atoms with van der Waals surface area (Å²) in [4.78, 5) is 33.4. The second kappa shape index (κ2) is 11.7. The Bertz CT molecular complexity index is 902. The van der Waals surface area contributed by atoms with Gasteiger partial charge in [0.15, 0.2) is 0 Å². The zero-order chi connectivity index (χ0) is 20.1. The van der Waals surface area contributed by atoms with Crippen LogP contribution in [0.2, 0.25) is 0 Å². The molecule has 7 heteroatoms. The third kappa shape index (κ3) is 5.79. The van der Waals surface area contributed by atoms with E-state index in [1.165, 1.54) is 0 Å². The van der Waals surface area contributed by atoms with E-state index in [2.05, 4.69) is 22.1 Å². The van der Waals surface area contributed by atoms with Crippen LogP contribution in [-0.2, 0) is 16.0 Å². The molecule has 164 valence electrons. The number of H-pyrrole nitrogens is 1. The highest BCUT2D eigenvalue weighted by atomic mass is 32.1. The Morgan fingerprint density at radius 2 is 2.17 bits per heavy atom. The average molecular weight is 431 g/mol. The van der Waals surface area contributed by atoms with Crippen molar-refractivity contribution < 1.29 is 9.59 Å². The summed E-state index contributed by atoms with van der Waals surface area (Å²) in [6.07, 6.45) is 6.31. The van der Waals surface area contributed by atoms with E-state index in [9.17, 15) is 9.59 Å². The summed E-state index contributed by atoms with van der Waals surface area (Å²) in [6.45, 7) is 12.0. The minimum atomic E-state index is -0.303. The lowest BCUT2D eigenvalue weighted by atomic mass is 9.99. The second-order valence-corrected chi connectivity index (χ2v) is 7.61. The number of carbonyl (C=O) groups excluding carboxylic acids is 2. The fourth-order valence-electron chi connectivity index (χ4n) is 3.83. The lowest BCUT2D eigenvalue weighted by Gasteiger charge is -2.20. The Morgan fingerprint density at radius 3 is 2.87 bits per heavy atom. The van der Waals surface area contributed by atoms with E-state index in [1.54, 1.807) is 4.90 Å². The number of rotatable bonds is 7. The van der Waals surface area contributed by atoms with Crippen LogP contribution in [0.1, 0.15) is 58.9 Å². The first kappa shape index (κ1) is 25.6. The Morgan fingerprint density at radius 1 is 1.40 bits per heavy atom. The number of anilines is 1. The minimum absolute atomic E-state index is 0. The number of nitrogens with zero attached hydrogens (tertiary/aromatic N) is 2. The van der Waals surface area contributed by atoms with Gasteiger partial charge in [-0.3, -0.25) is 19.3 Å². The van der Waals surface area contributed by atoms with E-state index in [-0.39, 0.29) is 44.8 Å². The lowest BCUT2D eigenvalue weighted by Crippen LogP contribution is -2.38. The first-order valence-electron chi connectivity index (χ1n) is 10.1. The first-order valence-corrected chi connectivity index (χ1v) is 10.1. The van der Waals surface area contributed by atoms with Crippen molar-refractivity contribution in [3.8, 4) is 0 Å². The van der Waals surface area contributed by atoms with Gasteiger partial charge in [-0.2, -0.15) is 13.5 Å². The Labute approximate surface area is 186 Å². The van der Waals surface area contributed by atoms with E-state index in [0.717, 1.165) is 47.8 Å². The Balaban J connectivity index is 0.00000225. The molecule has 1 aromatic heterocycles. The number of fused-ring (bicyclic) bond motifs is 1. The van der Waals surface area contributed by atoms with E-state index in [1.807, 2.05) is 31.3 Å². The van der Waals surface area contributed by atoms with Gasteiger partial charge >= 0.3 is 6.17 Å². The van der Waals surface area contributed by atoms with Gasteiger partial charge in [0, 0.05) is 48.1 Å². The van der Waals surface area contributed by atoms with E-state index in [0.29, 0.717) is 19.4 Å². The monoisotopic (exact) mass is 430 g/mol. The molecule has 6 nitrogen and oxygen atoms in total. The third-order valence-corrected chi connectivity index (χ3v) is 5.41. The van der Waals surface area contributed by atoms with Crippen LogP contribution in [0.5, 0.6) is 0 Å². The maximum atomic E-state index is 12.8. The summed E-state index contributed by atoms with van der Waals surface area (Å²) in [5.41, 5.74) is 2.82. The molecular formula is C23H34N4O2S. The van der Waals surface area contributed by atoms with Gasteiger partial charge in [0.05, 0.1) is 0 Å². The second-order valence-electron chi connectivity index (χ2n) is 7.61. The molecule has 2 amide bonds. The van der Waals surface area contributed by atoms with Crippen molar-refractivity contribution >= 4 is 41.9 Å². The zero-order valence-electron chi connectivity index (χ0n) is 17.1. The van der Waals surface area contributed by atoms with Crippen molar-refractivity contribution in [2.75, 3.05) is 11.9 Å². The Kier molecular flexibility index (Phi) is 9.94. The smallest absolute Gasteiger partial charge is 0.300 e. The molecule has 30 heavy (non-hydrogen) atoms. The standard InChI is InChI=1S/C22H28N4O2.CH4.H2S/c1-4-5-8-21(27)25-17-9-10-19-18(13-17)16(14-24-19)12-15(2)22(28)26-11-6-7-20(26)23-3;;/h9-10,13-15,20,24H,4-8,11-12H2,1-2H3,(H,25,27);1H4;1H2/t15-,20+;;/m1../s1. The summed E-state index contributed by atoms with van der Waals surface area (Å²) >= 11 is 0. The highest BCUT2D eigenvalue weighted by molar-refractivity contribution is 7.59. The van der Waals surface area contributed by atoms with Gasteiger partial charge in [-0.15, -0.1) is 0 Å². The normalized spacial score (nSPS) is 16.3. The van der Waals surface area contributed by atoms with Crippen LogP contribution in [0.15, 0.2) is 24.4 Å². The molecule has 2 aromatic rings. The van der Waals surface area contributed by atoms with E-state index >= 15 is 0 Å². The largest absolute Gasteiger partial charge is 0.361 e. The molecule has 1 aromatic carbocycles. The number of aromatic amines is 1. The quantitative estimate of drug-likeness (QED) is 0.601. The average Bonchev–Trinajstić information content (AvgIpc) is 3.32. The molecule has 1 aliphatic heterocycles. The van der Waals surface area contributed by atoms with Crippen LogP contribution in [0.4, 0.5) is 5.69 Å². The maximum Gasteiger partial charge on any atom is 0.300 e. The molecule has 1 aliphatic rings. The molecule has 1 fully saturated rings. The minimum Gasteiger partial charge on any atom is -0.361 e. The summed E-state index contributed by atoms with van der Waals surface area (Å²) in [5.74, 6) is -0.109. The topological polar surface area (TPSA) is 69.6 Å². The number of unbranched alkanes of at least 4 members (excludes halogenated alkanes) is 1. The fraction of sp³-hybridized carbons (Fsp3) is 0.522. The van der Waals surface area contributed by atoms with Crippen molar-refractivity contribution in [2.45, 2.75) is 66.0 Å². The van der Waals surface area contributed by atoms with Gasteiger partial charge in [-0.1, -0.05) is 27.7 Å². The number of amides is 2. The molecule has 1 saturated heterocycles. The van der Waals surface area contributed by atoms with Crippen molar-refractivity contribution in [2.24, 2.45) is 5.92 Å². The number of carbonyl (C=O) groups is 2. The molecular weight excluding hydrogens is 396 g/mol. The van der Waals surface area contributed by atoms with Crippen molar-refractivity contribution in [3.63, 3.8) is 0 Å². The fourth-order valence-corrected chi connectivity index (χ4v) is 3.83. The van der Waals surface area contributed by atoms with Crippen LogP contribution in [0, 0.1) is 12.5 Å². The van der Waals surface area contributed by atoms with Gasteiger partial charge < -0.3 is 10.3 Å². The van der Waals surface area contributed by atoms with Gasteiger partial charge in [0.2, 0.25) is 11.8 Å². The van der Waals surface area contributed by atoms with Gasteiger partial charge in [-0.05, 0) is 43.0 Å². The number of aromatic nitrogens is 1. The summed E-state index contributed by atoms with van der Waals surface area (Å²) in [6, 6.07) is 5.82. The molecule has 2 atom stereocenters. The van der Waals surface area contributed by atoms with Gasteiger partial charge in [0.25, 0.3) is 0 Å². The predicted molar refractivity (Wildman–Crippen MR) is 128 cm³/mol. The van der Waals surface area contributed by atoms with Crippen molar-refractivity contribution in [3.05, 3.63) is 41.4 Å². The SMILES string of the molecule is C.S.[C-]#[N+][C@@H]1CCCN1C(=O)[C@H](C)Cc1c[nH]c2ccc(NC(=O)CCCC)cc12. The third-order valence-electron chi connectivity index (χ3n) is 5.41. The number of likely N-dealkylation sites (tertiary alicyclic amines) is 1. The van der Waals surface area contributed by atoms with Crippen LogP contribution >= 0.6 is 13.5 Å². The highest BCUT2D eigenvalue weighted by Crippen LogP contribution is 2.27. The molecule has 0 radical (unpaired) electrons. The van der Waals surface area contributed by atoms with Crippen LogP contribution in [0.25, 0.3) is 15.7 Å².